The molecule has 0 fully saturated rings. The molecule has 1 amide bonds. The number of aryl methyl sites for hydroxylation is 1. The minimum Gasteiger partial charge on any atom is -0.497 e. The number of hydrogen-bond acceptors (Lipinski definition) is 5. The summed E-state index contributed by atoms with van der Waals surface area (Å²) in [7, 11) is 3.34. The number of rotatable bonds is 6. The van der Waals surface area contributed by atoms with Crippen LogP contribution < -0.4 is 10.5 Å². The van der Waals surface area contributed by atoms with E-state index in [1.54, 1.807) is 14.2 Å². The molecule has 1 heterocycles. The van der Waals surface area contributed by atoms with E-state index < -0.39 is 17.7 Å². The Kier molecular flexibility index (Phi) is 8.21. The molecule has 3 N–H and O–H groups in total. The third-order valence-corrected chi connectivity index (χ3v) is 5.91. The molecule has 0 radical (unpaired) electrons. The summed E-state index contributed by atoms with van der Waals surface area (Å²) in [5.74, 6) is -1.76. The van der Waals surface area contributed by atoms with Crippen LogP contribution in [0.5, 0.6) is 5.75 Å². The lowest BCUT2D eigenvalue weighted by molar-refractivity contribution is -0.192. The lowest BCUT2D eigenvalue weighted by Gasteiger charge is -2.25. The first-order valence-corrected chi connectivity index (χ1v) is 11.2. The fourth-order valence-electron chi connectivity index (χ4n) is 3.94. The molecule has 7 nitrogen and oxygen atoms in total. The molecule has 0 bridgehead atoms. The SMILES string of the molecule is COc1cccc(-c2cccc(CCC3(c4ccccc4)N=C(N)N(C)C3=O)c2)c1.O=C(O)C(F)(F)F. The van der Waals surface area contributed by atoms with Crippen LogP contribution in [-0.4, -0.2) is 48.2 Å². The maximum absolute atomic E-state index is 13.1. The molecule has 1 atom stereocenters. The number of aliphatic carboxylic acids is 1. The number of carboxylic acid groups (broad SMARTS) is 1. The number of carboxylic acids is 1. The van der Waals surface area contributed by atoms with Gasteiger partial charge in [-0.15, -0.1) is 0 Å². The Balaban J connectivity index is 0.000000479. The van der Waals surface area contributed by atoms with E-state index in [-0.39, 0.29) is 11.9 Å². The number of nitrogens with two attached hydrogens (primary N) is 1. The number of ether oxygens (including phenoxy) is 1. The predicted octanol–water partition coefficient (Wildman–Crippen LogP) is 4.61. The average molecular weight is 514 g/mol. The molecule has 3 aromatic rings. The van der Waals surface area contributed by atoms with Gasteiger partial charge in [0.1, 0.15) is 5.75 Å². The van der Waals surface area contributed by atoms with Gasteiger partial charge in [0.2, 0.25) is 0 Å². The molecule has 37 heavy (non-hydrogen) atoms. The van der Waals surface area contributed by atoms with Gasteiger partial charge in [0.05, 0.1) is 7.11 Å². The smallest absolute Gasteiger partial charge is 0.490 e. The first kappa shape index (κ1) is 27.3. The molecular weight excluding hydrogens is 487 g/mol. The minimum atomic E-state index is -5.08. The Morgan fingerprint density at radius 3 is 2.16 bits per heavy atom. The Morgan fingerprint density at radius 2 is 1.62 bits per heavy atom. The quantitative estimate of drug-likeness (QED) is 0.501. The topological polar surface area (TPSA) is 105 Å². The van der Waals surface area contributed by atoms with Crippen molar-refractivity contribution in [2.45, 2.75) is 24.6 Å². The molecule has 3 aromatic carbocycles. The molecule has 0 spiro atoms. The first-order valence-electron chi connectivity index (χ1n) is 11.2. The number of carbonyl (C=O) groups excluding carboxylic acids is 1. The van der Waals surface area contributed by atoms with Gasteiger partial charge in [-0.05, 0) is 47.2 Å². The third kappa shape index (κ3) is 6.27. The van der Waals surface area contributed by atoms with E-state index in [0.29, 0.717) is 12.8 Å². The van der Waals surface area contributed by atoms with E-state index in [1.165, 1.54) is 4.90 Å². The van der Waals surface area contributed by atoms with E-state index in [0.717, 1.165) is 28.0 Å². The van der Waals surface area contributed by atoms with Crippen molar-refractivity contribution in [3.63, 3.8) is 0 Å². The van der Waals surface area contributed by atoms with Crippen LogP contribution in [0, 0.1) is 0 Å². The van der Waals surface area contributed by atoms with Crippen molar-refractivity contribution in [1.82, 2.24) is 4.90 Å². The summed E-state index contributed by atoms with van der Waals surface area (Å²) in [6, 6.07) is 26.0. The fourth-order valence-corrected chi connectivity index (χ4v) is 3.94. The molecule has 10 heteroatoms. The lowest BCUT2D eigenvalue weighted by atomic mass is 9.84. The summed E-state index contributed by atoms with van der Waals surface area (Å²) in [4.78, 5) is 28.1. The number of aliphatic imine (C=N–C) groups is 1. The summed E-state index contributed by atoms with van der Waals surface area (Å²) >= 11 is 0. The number of amides is 1. The summed E-state index contributed by atoms with van der Waals surface area (Å²) in [5.41, 5.74) is 9.25. The number of halogens is 3. The van der Waals surface area contributed by atoms with Crippen molar-refractivity contribution in [1.29, 1.82) is 0 Å². The monoisotopic (exact) mass is 513 g/mol. The highest BCUT2D eigenvalue weighted by molar-refractivity contribution is 6.06. The van der Waals surface area contributed by atoms with Crippen LogP contribution in [-0.2, 0) is 21.5 Å². The summed E-state index contributed by atoms with van der Waals surface area (Å²) in [6.07, 6.45) is -3.84. The maximum atomic E-state index is 13.1. The molecule has 0 aromatic heterocycles. The van der Waals surface area contributed by atoms with Gasteiger partial charge in [-0.3, -0.25) is 9.69 Å². The Morgan fingerprint density at radius 1 is 1.03 bits per heavy atom. The molecule has 0 saturated carbocycles. The molecule has 1 aliphatic rings. The highest BCUT2D eigenvalue weighted by Gasteiger charge is 2.47. The third-order valence-electron chi connectivity index (χ3n) is 5.91. The van der Waals surface area contributed by atoms with Gasteiger partial charge in [0.15, 0.2) is 11.5 Å². The van der Waals surface area contributed by atoms with E-state index in [2.05, 4.69) is 29.3 Å². The van der Waals surface area contributed by atoms with Crippen LogP contribution in [0.3, 0.4) is 0 Å². The maximum Gasteiger partial charge on any atom is 0.490 e. The number of benzene rings is 3. The van der Waals surface area contributed by atoms with E-state index in [1.807, 2.05) is 54.6 Å². The highest BCUT2D eigenvalue weighted by Crippen LogP contribution is 2.37. The van der Waals surface area contributed by atoms with Gasteiger partial charge in [-0.1, -0.05) is 66.7 Å². The number of alkyl halides is 3. The number of hydrogen-bond donors (Lipinski definition) is 2. The van der Waals surface area contributed by atoms with Crippen molar-refractivity contribution < 1.29 is 32.6 Å². The lowest BCUT2D eigenvalue weighted by Crippen LogP contribution is -2.40. The van der Waals surface area contributed by atoms with Crippen LogP contribution >= 0.6 is 0 Å². The van der Waals surface area contributed by atoms with Crippen LogP contribution in [0.25, 0.3) is 11.1 Å². The summed E-state index contributed by atoms with van der Waals surface area (Å²) < 4.78 is 37.1. The van der Waals surface area contributed by atoms with Crippen molar-refractivity contribution in [3.05, 3.63) is 90.0 Å². The van der Waals surface area contributed by atoms with Gasteiger partial charge in [0, 0.05) is 7.05 Å². The Hall–Kier alpha value is -4.34. The normalized spacial score (nSPS) is 17.1. The molecule has 0 aliphatic carbocycles. The molecule has 194 valence electrons. The average Bonchev–Trinajstić information content (AvgIpc) is 3.12. The minimum absolute atomic E-state index is 0.0878. The number of methoxy groups -OCH3 is 1. The highest BCUT2D eigenvalue weighted by atomic mass is 19.4. The van der Waals surface area contributed by atoms with E-state index in [4.69, 9.17) is 20.4 Å². The van der Waals surface area contributed by atoms with Crippen LogP contribution in [0.15, 0.2) is 83.9 Å². The predicted molar refractivity (Wildman–Crippen MR) is 133 cm³/mol. The largest absolute Gasteiger partial charge is 0.497 e. The van der Waals surface area contributed by atoms with E-state index >= 15 is 0 Å². The molecule has 4 rings (SSSR count). The second-order valence-corrected chi connectivity index (χ2v) is 8.30. The van der Waals surface area contributed by atoms with Crippen molar-refractivity contribution in [2.75, 3.05) is 14.2 Å². The van der Waals surface area contributed by atoms with Gasteiger partial charge in [-0.2, -0.15) is 13.2 Å². The Labute approximate surface area is 212 Å². The summed E-state index contributed by atoms with van der Waals surface area (Å²) in [6.45, 7) is 0. The summed E-state index contributed by atoms with van der Waals surface area (Å²) in [5, 5.41) is 7.12. The molecule has 1 unspecified atom stereocenters. The fraction of sp³-hybridized carbons (Fsp3) is 0.222. The van der Waals surface area contributed by atoms with Crippen molar-refractivity contribution >= 4 is 17.8 Å². The van der Waals surface area contributed by atoms with Crippen LogP contribution in [0.2, 0.25) is 0 Å². The van der Waals surface area contributed by atoms with Crippen molar-refractivity contribution in [3.8, 4) is 16.9 Å². The van der Waals surface area contributed by atoms with Crippen LogP contribution in [0.1, 0.15) is 17.5 Å². The van der Waals surface area contributed by atoms with Gasteiger partial charge in [0.25, 0.3) is 5.91 Å². The second kappa shape index (κ2) is 11.2. The van der Waals surface area contributed by atoms with Gasteiger partial charge < -0.3 is 15.6 Å². The number of nitrogens with zero attached hydrogens (tertiary/aromatic N) is 2. The molecule has 1 aliphatic heterocycles. The first-order chi connectivity index (χ1) is 17.5. The van der Waals surface area contributed by atoms with Gasteiger partial charge in [-0.25, -0.2) is 9.79 Å². The standard InChI is InChI=1S/C25H25N3O2.C2HF3O2/c1-28-23(29)25(27-24(28)26,21-11-4-3-5-12-21)15-14-18-8-6-9-19(16-18)20-10-7-13-22(17-20)30-2;3-2(4,5)1(6)7/h3-13,16-17H,14-15H2,1-2H3,(H2,26,27);(H,6,7). The zero-order valence-electron chi connectivity index (χ0n) is 20.2. The van der Waals surface area contributed by atoms with Crippen molar-refractivity contribution in [2.24, 2.45) is 10.7 Å². The van der Waals surface area contributed by atoms with Crippen LogP contribution in [0.4, 0.5) is 13.2 Å². The number of carbonyl (C=O) groups is 2. The second-order valence-electron chi connectivity index (χ2n) is 8.30. The Bertz CT molecular complexity index is 1300. The zero-order chi connectivity index (χ0) is 27.2. The van der Waals surface area contributed by atoms with E-state index in [9.17, 15) is 18.0 Å². The molecule has 0 saturated heterocycles. The number of likely N-dealkylation sites (N-methyl/N-ethyl adjacent to an activating group) is 1. The number of guanidine groups is 1. The van der Waals surface area contributed by atoms with Gasteiger partial charge >= 0.3 is 12.1 Å². The zero-order valence-corrected chi connectivity index (χ0v) is 20.2. The molecular formula is C27H26F3N3O4.